The number of carbonyl (C=O) groups excluding carboxylic acids is 1. The van der Waals surface area contributed by atoms with Crippen molar-refractivity contribution in [2.24, 2.45) is 5.92 Å². The lowest BCUT2D eigenvalue weighted by atomic mass is 9.89. The highest BCUT2D eigenvalue weighted by Crippen LogP contribution is 2.29. The maximum Gasteiger partial charge on any atom is 0.255 e. The summed E-state index contributed by atoms with van der Waals surface area (Å²) in [4.78, 5) is 13.3. The van der Waals surface area contributed by atoms with Crippen molar-refractivity contribution in [3.8, 4) is 5.75 Å². The van der Waals surface area contributed by atoms with Crippen molar-refractivity contribution in [2.75, 3.05) is 20.2 Å². The smallest absolute Gasteiger partial charge is 0.255 e. The monoisotopic (exact) mass is 470 g/mol. The summed E-state index contributed by atoms with van der Waals surface area (Å²) in [6.07, 6.45) is 6.32. The Hall–Kier alpha value is -2.38. The molecule has 6 nitrogen and oxygen atoms in total. The normalized spacial score (nSPS) is 18.4. The molecule has 1 amide bonds. The van der Waals surface area contributed by atoms with Crippen molar-refractivity contribution >= 4 is 15.9 Å². The first kappa shape index (κ1) is 23.8. The van der Waals surface area contributed by atoms with Crippen molar-refractivity contribution in [1.29, 1.82) is 0 Å². The molecule has 1 aliphatic heterocycles. The molecule has 2 aromatic carbocycles. The number of rotatable bonds is 6. The van der Waals surface area contributed by atoms with E-state index in [1.54, 1.807) is 6.07 Å². The molecule has 1 fully saturated rings. The number of amides is 1. The van der Waals surface area contributed by atoms with Gasteiger partial charge < -0.3 is 10.1 Å². The minimum atomic E-state index is -3.66. The van der Waals surface area contributed by atoms with Gasteiger partial charge in [-0.15, -0.1) is 0 Å². The van der Waals surface area contributed by atoms with Crippen molar-refractivity contribution < 1.29 is 17.9 Å². The summed E-state index contributed by atoms with van der Waals surface area (Å²) >= 11 is 0. The van der Waals surface area contributed by atoms with Crippen molar-refractivity contribution in [1.82, 2.24) is 9.62 Å². The van der Waals surface area contributed by atoms with Crippen LogP contribution in [0.1, 0.15) is 72.6 Å². The highest BCUT2D eigenvalue weighted by Gasteiger charge is 2.29. The molecule has 7 heteroatoms. The van der Waals surface area contributed by atoms with Gasteiger partial charge in [-0.2, -0.15) is 4.31 Å². The lowest BCUT2D eigenvalue weighted by molar-refractivity contribution is 0.0936. The third-order valence-electron chi connectivity index (χ3n) is 7.02. The van der Waals surface area contributed by atoms with Gasteiger partial charge in [-0.1, -0.05) is 25.1 Å². The Labute approximate surface area is 197 Å². The quantitative estimate of drug-likeness (QED) is 0.675. The van der Waals surface area contributed by atoms with E-state index in [9.17, 15) is 13.2 Å². The molecule has 1 N–H and O–H groups in total. The molecular formula is C26H34N2O4S. The van der Waals surface area contributed by atoms with Gasteiger partial charge in [-0.3, -0.25) is 4.79 Å². The maximum atomic E-state index is 13.2. The molecule has 1 heterocycles. The zero-order valence-corrected chi connectivity index (χ0v) is 20.6. The number of fused-ring (bicyclic) bond motifs is 1. The molecule has 1 atom stereocenters. The van der Waals surface area contributed by atoms with E-state index in [0.717, 1.165) is 31.2 Å². The number of sulfonamides is 1. The predicted octanol–water partition coefficient (Wildman–Crippen LogP) is 4.49. The number of nitrogens with zero attached hydrogens (tertiary/aromatic N) is 1. The molecular weight excluding hydrogens is 436 g/mol. The Morgan fingerprint density at radius 3 is 2.45 bits per heavy atom. The van der Waals surface area contributed by atoms with E-state index >= 15 is 0 Å². The fraction of sp³-hybridized carbons (Fsp3) is 0.500. The summed E-state index contributed by atoms with van der Waals surface area (Å²) in [7, 11) is -2.17. The standard InChI is InChI=1S/C26H34N2O4S/c1-18-12-14-28(15-13-18)33(30,31)23-10-11-25(32-3)24(17-23)26(29)27-19(2)21-9-8-20-6-4-5-7-22(20)16-21/h8-11,16-19H,4-7,12-15H2,1-3H3,(H,27,29). The van der Waals surface area contributed by atoms with Crippen LogP contribution in [0.5, 0.6) is 5.75 Å². The molecule has 2 aromatic rings. The van der Waals surface area contributed by atoms with Gasteiger partial charge in [0.25, 0.3) is 5.91 Å². The number of piperidine rings is 1. The number of nitrogens with one attached hydrogen (secondary N) is 1. The number of benzene rings is 2. The molecule has 1 aliphatic carbocycles. The lowest BCUT2D eigenvalue weighted by Crippen LogP contribution is -2.38. The second-order valence-electron chi connectivity index (χ2n) is 9.38. The van der Waals surface area contributed by atoms with E-state index in [1.807, 2.05) is 6.92 Å². The van der Waals surface area contributed by atoms with Crippen molar-refractivity contribution in [3.63, 3.8) is 0 Å². The molecule has 0 aromatic heterocycles. The summed E-state index contributed by atoms with van der Waals surface area (Å²) in [5.41, 5.74) is 4.04. The number of ether oxygens (including phenoxy) is 1. The van der Waals surface area contributed by atoms with Gasteiger partial charge in [0.05, 0.1) is 23.6 Å². The first-order valence-corrected chi connectivity index (χ1v) is 13.3. The van der Waals surface area contributed by atoms with E-state index in [2.05, 4.69) is 30.4 Å². The lowest BCUT2D eigenvalue weighted by Gasteiger charge is -2.29. The van der Waals surface area contributed by atoms with Crippen LogP contribution in [0.3, 0.4) is 0 Å². The summed E-state index contributed by atoms with van der Waals surface area (Å²) in [6.45, 7) is 5.10. The maximum absolute atomic E-state index is 13.2. The SMILES string of the molecule is COc1ccc(S(=O)(=O)N2CCC(C)CC2)cc1C(=O)NC(C)c1ccc2c(c1)CCCC2. The molecule has 4 rings (SSSR count). The van der Waals surface area contributed by atoms with E-state index < -0.39 is 10.0 Å². The zero-order valence-electron chi connectivity index (χ0n) is 19.8. The summed E-state index contributed by atoms with van der Waals surface area (Å²) in [5, 5.41) is 3.03. The molecule has 0 saturated carbocycles. The van der Waals surface area contributed by atoms with Gasteiger partial charge in [-0.05, 0) is 86.3 Å². The molecule has 1 saturated heterocycles. The highest BCUT2D eigenvalue weighted by molar-refractivity contribution is 7.89. The van der Waals surface area contributed by atoms with Crippen molar-refractivity contribution in [3.05, 3.63) is 58.7 Å². The molecule has 0 bridgehead atoms. The highest BCUT2D eigenvalue weighted by atomic mass is 32.2. The van der Waals surface area contributed by atoms with Gasteiger partial charge in [0.2, 0.25) is 10.0 Å². The number of hydrogen-bond donors (Lipinski definition) is 1. The topological polar surface area (TPSA) is 75.7 Å². The van der Waals surface area contributed by atoms with Crippen LogP contribution in [-0.4, -0.2) is 38.8 Å². The van der Waals surface area contributed by atoms with Crippen LogP contribution in [0, 0.1) is 5.92 Å². The first-order chi connectivity index (χ1) is 15.8. The summed E-state index contributed by atoms with van der Waals surface area (Å²) in [6, 6.07) is 10.8. The second-order valence-corrected chi connectivity index (χ2v) is 11.3. The number of methoxy groups -OCH3 is 1. The van der Waals surface area contributed by atoms with Gasteiger partial charge in [0, 0.05) is 13.1 Å². The van der Waals surface area contributed by atoms with Crippen LogP contribution in [0.15, 0.2) is 41.3 Å². The van der Waals surface area contributed by atoms with E-state index in [1.165, 1.54) is 47.5 Å². The molecule has 1 unspecified atom stereocenters. The molecule has 0 radical (unpaired) electrons. The van der Waals surface area contributed by atoms with E-state index in [-0.39, 0.29) is 22.4 Å². The van der Waals surface area contributed by atoms with Crippen LogP contribution >= 0.6 is 0 Å². The molecule has 2 aliphatic rings. The third kappa shape index (κ3) is 5.09. The fourth-order valence-electron chi connectivity index (χ4n) is 4.78. The Bertz CT molecular complexity index is 1120. The number of carbonyl (C=O) groups is 1. The predicted molar refractivity (Wildman–Crippen MR) is 129 cm³/mol. The average Bonchev–Trinajstić information content (AvgIpc) is 2.83. The Morgan fingerprint density at radius 1 is 1.06 bits per heavy atom. The van der Waals surface area contributed by atoms with Crippen LogP contribution < -0.4 is 10.1 Å². The Balaban J connectivity index is 1.55. The number of hydrogen-bond acceptors (Lipinski definition) is 4. The van der Waals surface area contributed by atoms with Crippen LogP contribution in [-0.2, 0) is 22.9 Å². The first-order valence-electron chi connectivity index (χ1n) is 11.9. The van der Waals surface area contributed by atoms with Crippen LogP contribution in [0.2, 0.25) is 0 Å². The van der Waals surface area contributed by atoms with Gasteiger partial charge in [-0.25, -0.2) is 8.42 Å². The molecule has 178 valence electrons. The summed E-state index contributed by atoms with van der Waals surface area (Å²) < 4.78 is 33.3. The minimum absolute atomic E-state index is 0.129. The average molecular weight is 471 g/mol. The van der Waals surface area contributed by atoms with Crippen molar-refractivity contribution in [2.45, 2.75) is 63.3 Å². The largest absolute Gasteiger partial charge is 0.496 e. The van der Waals surface area contributed by atoms with E-state index in [4.69, 9.17) is 4.74 Å². The van der Waals surface area contributed by atoms with Gasteiger partial charge in [0.1, 0.15) is 5.75 Å². The summed E-state index contributed by atoms with van der Waals surface area (Å²) in [5.74, 6) is 0.538. The second kappa shape index (κ2) is 9.85. The van der Waals surface area contributed by atoms with E-state index in [0.29, 0.717) is 24.8 Å². The van der Waals surface area contributed by atoms with Gasteiger partial charge >= 0.3 is 0 Å². The third-order valence-corrected chi connectivity index (χ3v) is 8.91. The van der Waals surface area contributed by atoms with Crippen LogP contribution in [0.25, 0.3) is 0 Å². The fourth-order valence-corrected chi connectivity index (χ4v) is 6.28. The van der Waals surface area contributed by atoms with Gasteiger partial charge in [0.15, 0.2) is 0 Å². The number of aryl methyl sites for hydroxylation is 2. The minimum Gasteiger partial charge on any atom is -0.496 e. The van der Waals surface area contributed by atoms with Crippen LogP contribution in [0.4, 0.5) is 0 Å². The zero-order chi connectivity index (χ0) is 23.6. The molecule has 33 heavy (non-hydrogen) atoms. The Morgan fingerprint density at radius 2 is 1.76 bits per heavy atom. The Kier molecular flexibility index (Phi) is 7.10. The molecule has 0 spiro atoms.